The highest BCUT2D eigenvalue weighted by atomic mass is 16.5. The van der Waals surface area contributed by atoms with Gasteiger partial charge in [-0.25, -0.2) is 4.98 Å². The second kappa shape index (κ2) is 9.93. The minimum Gasteiger partial charge on any atom is -0.497 e. The average molecular weight is 421 g/mol. The Morgan fingerprint density at radius 1 is 1.00 bits per heavy atom. The Hall–Kier alpha value is -3.61. The molecule has 2 atom stereocenters. The maximum absolute atomic E-state index is 13.3. The number of amides is 2. The first-order valence-corrected chi connectivity index (χ1v) is 10.2. The Morgan fingerprint density at radius 2 is 1.68 bits per heavy atom. The van der Waals surface area contributed by atoms with Gasteiger partial charge in [0.1, 0.15) is 23.7 Å². The van der Waals surface area contributed by atoms with Crippen LogP contribution in [0.1, 0.15) is 41.6 Å². The van der Waals surface area contributed by atoms with Crippen LogP contribution in [0.4, 0.5) is 0 Å². The van der Waals surface area contributed by atoms with Gasteiger partial charge in [-0.05, 0) is 35.7 Å². The van der Waals surface area contributed by atoms with Gasteiger partial charge in [-0.3, -0.25) is 9.59 Å². The molecule has 0 saturated heterocycles. The Bertz CT molecular complexity index is 1010. The van der Waals surface area contributed by atoms with Crippen LogP contribution in [0.2, 0.25) is 0 Å². The first-order chi connectivity index (χ1) is 14.9. The number of methoxy groups -OCH3 is 1. The van der Waals surface area contributed by atoms with Crippen LogP contribution in [0.5, 0.6) is 5.75 Å². The molecule has 0 bridgehead atoms. The van der Waals surface area contributed by atoms with Gasteiger partial charge in [0, 0.05) is 25.0 Å². The van der Waals surface area contributed by atoms with Gasteiger partial charge in [-0.15, -0.1) is 0 Å². The molecule has 0 unspecified atom stereocenters. The van der Waals surface area contributed by atoms with Gasteiger partial charge in [0.05, 0.1) is 7.11 Å². The van der Waals surface area contributed by atoms with Crippen molar-refractivity contribution in [2.45, 2.75) is 25.9 Å². The molecule has 2 aromatic carbocycles. The molecule has 0 aliphatic heterocycles. The van der Waals surface area contributed by atoms with Crippen molar-refractivity contribution in [3.8, 4) is 5.75 Å². The number of imidazole rings is 1. The molecule has 0 aliphatic rings. The third-order valence-corrected chi connectivity index (χ3v) is 5.12. The number of hydrogen-bond donors (Lipinski definition) is 2. The number of hydrogen-bond acceptors (Lipinski definition) is 4. The Balaban J connectivity index is 1.85. The van der Waals surface area contributed by atoms with Gasteiger partial charge in [-0.1, -0.05) is 44.2 Å². The molecule has 1 aromatic heterocycles. The second-order valence-corrected chi connectivity index (χ2v) is 7.67. The van der Waals surface area contributed by atoms with Gasteiger partial charge in [0.15, 0.2) is 0 Å². The zero-order valence-electron chi connectivity index (χ0n) is 18.2. The topological polar surface area (TPSA) is 85.2 Å². The fourth-order valence-corrected chi connectivity index (χ4v) is 3.33. The number of rotatable bonds is 8. The molecule has 0 radical (unpaired) electrons. The zero-order chi connectivity index (χ0) is 22.4. The fraction of sp³-hybridized carbons (Fsp3) is 0.292. The maximum Gasteiger partial charge on any atom is 0.251 e. The number of aryl methyl sites for hydroxylation is 1. The molecule has 162 valence electrons. The number of carbonyl (C=O) groups excluding carboxylic acids is 2. The number of benzene rings is 2. The lowest BCUT2D eigenvalue weighted by Gasteiger charge is -2.26. The first kappa shape index (κ1) is 22.1. The van der Waals surface area contributed by atoms with Gasteiger partial charge in [0.2, 0.25) is 5.91 Å². The number of carbonyl (C=O) groups is 2. The van der Waals surface area contributed by atoms with Crippen molar-refractivity contribution < 1.29 is 14.3 Å². The van der Waals surface area contributed by atoms with Crippen LogP contribution in [0, 0.1) is 5.92 Å². The van der Waals surface area contributed by atoms with E-state index < -0.39 is 12.1 Å². The zero-order valence-corrected chi connectivity index (χ0v) is 18.2. The molecule has 2 amide bonds. The van der Waals surface area contributed by atoms with E-state index in [1.54, 1.807) is 37.6 Å². The summed E-state index contributed by atoms with van der Waals surface area (Å²) in [5, 5.41) is 5.94. The van der Waals surface area contributed by atoms with Crippen LogP contribution in [0.15, 0.2) is 67.0 Å². The van der Waals surface area contributed by atoms with E-state index in [1.807, 2.05) is 62.0 Å². The van der Waals surface area contributed by atoms with Crippen LogP contribution < -0.4 is 15.4 Å². The molecular formula is C24H28N4O3. The molecule has 0 fully saturated rings. The van der Waals surface area contributed by atoms with E-state index in [0.717, 1.165) is 11.3 Å². The summed E-state index contributed by atoms with van der Waals surface area (Å²) in [6.45, 7) is 3.80. The summed E-state index contributed by atoms with van der Waals surface area (Å²) < 4.78 is 7.11. The SMILES string of the molecule is COc1ccc([C@H](NC(=O)[C@@H](NC(=O)c2ccccc2)C(C)C)c2nccn2C)cc1. The van der Waals surface area contributed by atoms with E-state index in [0.29, 0.717) is 11.4 Å². The molecule has 31 heavy (non-hydrogen) atoms. The molecule has 2 N–H and O–H groups in total. The summed E-state index contributed by atoms with van der Waals surface area (Å²) in [5.41, 5.74) is 1.37. The fourth-order valence-electron chi connectivity index (χ4n) is 3.33. The molecular weight excluding hydrogens is 392 g/mol. The summed E-state index contributed by atoms with van der Waals surface area (Å²) in [6, 6.07) is 15.2. The average Bonchev–Trinajstić information content (AvgIpc) is 3.21. The second-order valence-electron chi connectivity index (χ2n) is 7.67. The molecule has 3 aromatic rings. The highest BCUT2D eigenvalue weighted by Gasteiger charge is 2.29. The van der Waals surface area contributed by atoms with E-state index in [-0.39, 0.29) is 17.7 Å². The van der Waals surface area contributed by atoms with Crippen LogP contribution in [0.3, 0.4) is 0 Å². The van der Waals surface area contributed by atoms with E-state index in [9.17, 15) is 9.59 Å². The number of aromatic nitrogens is 2. The Labute approximate surface area is 182 Å². The van der Waals surface area contributed by atoms with Crippen molar-refractivity contribution in [3.63, 3.8) is 0 Å². The van der Waals surface area contributed by atoms with Gasteiger partial charge in [0.25, 0.3) is 5.91 Å². The third kappa shape index (κ3) is 5.31. The number of nitrogens with one attached hydrogen (secondary N) is 2. The third-order valence-electron chi connectivity index (χ3n) is 5.12. The summed E-state index contributed by atoms with van der Waals surface area (Å²) in [6.07, 6.45) is 3.52. The Morgan fingerprint density at radius 3 is 2.23 bits per heavy atom. The molecule has 3 rings (SSSR count). The largest absolute Gasteiger partial charge is 0.497 e. The van der Waals surface area contributed by atoms with Crippen LogP contribution in [-0.4, -0.2) is 34.5 Å². The van der Waals surface area contributed by atoms with E-state index in [2.05, 4.69) is 15.6 Å². The summed E-state index contributed by atoms with van der Waals surface area (Å²) >= 11 is 0. The number of ether oxygens (including phenoxy) is 1. The lowest BCUT2D eigenvalue weighted by atomic mass is 10.0. The van der Waals surface area contributed by atoms with Gasteiger partial charge >= 0.3 is 0 Å². The maximum atomic E-state index is 13.3. The van der Waals surface area contributed by atoms with Crippen molar-refractivity contribution in [3.05, 3.63) is 83.9 Å². The minimum absolute atomic E-state index is 0.106. The van der Waals surface area contributed by atoms with Crippen LogP contribution in [0.25, 0.3) is 0 Å². The summed E-state index contributed by atoms with van der Waals surface area (Å²) in [5.74, 6) is 0.750. The highest BCUT2D eigenvalue weighted by molar-refractivity contribution is 5.97. The van der Waals surface area contributed by atoms with Crippen molar-refractivity contribution >= 4 is 11.8 Å². The molecule has 0 saturated carbocycles. The number of nitrogens with zero attached hydrogens (tertiary/aromatic N) is 2. The quantitative estimate of drug-likeness (QED) is 0.586. The summed E-state index contributed by atoms with van der Waals surface area (Å²) in [7, 11) is 3.48. The smallest absolute Gasteiger partial charge is 0.251 e. The lowest BCUT2D eigenvalue weighted by molar-refractivity contribution is -0.124. The molecule has 1 heterocycles. The van der Waals surface area contributed by atoms with Crippen molar-refractivity contribution in [2.75, 3.05) is 7.11 Å². The van der Waals surface area contributed by atoms with Gasteiger partial charge < -0.3 is 19.9 Å². The molecule has 0 spiro atoms. The van der Waals surface area contributed by atoms with Crippen molar-refractivity contribution in [2.24, 2.45) is 13.0 Å². The van der Waals surface area contributed by atoms with E-state index >= 15 is 0 Å². The molecule has 7 heteroatoms. The van der Waals surface area contributed by atoms with Crippen LogP contribution in [-0.2, 0) is 11.8 Å². The summed E-state index contributed by atoms with van der Waals surface area (Å²) in [4.78, 5) is 30.4. The van der Waals surface area contributed by atoms with E-state index in [1.165, 1.54) is 0 Å². The van der Waals surface area contributed by atoms with Gasteiger partial charge in [-0.2, -0.15) is 0 Å². The normalized spacial score (nSPS) is 12.8. The standard InChI is InChI=1S/C24H28N4O3/c1-16(2)20(26-23(29)18-8-6-5-7-9-18)24(30)27-21(22-25-14-15-28(22)3)17-10-12-19(31-4)13-11-17/h5-16,20-21H,1-4H3,(H,26,29)(H,27,30)/t20-,21-/m0/s1. The van der Waals surface area contributed by atoms with Crippen molar-refractivity contribution in [1.82, 2.24) is 20.2 Å². The van der Waals surface area contributed by atoms with E-state index in [4.69, 9.17) is 4.74 Å². The minimum atomic E-state index is -0.700. The highest BCUT2D eigenvalue weighted by Crippen LogP contribution is 2.23. The molecule has 7 nitrogen and oxygen atoms in total. The van der Waals surface area contributed by atoms with Crippen LogP contribution >= 0.6 is 0 Å². The monoisotopic (exact) mass is 420 g/mol. The first-order valence-electron chi connectivity index (χ1n) is 10.2. The Kier molecular flexibility index (Phi) is 7.07. The predicted molar refractivity (Wildman–Crippen MR) is 119 cm³/mol. The predicted octanol–water partition coefficient (Wildman–Crippen LogP) is 3.09. The molecule has 0 aliphatic carbocycles. The van der Waals surface area contributed by atoms with Crippen molar-refractivity contribution in [1.29, 1.82) is 0 Å². The lowest BCUT2D eigenvalue weighted by Crippen LogP contribution is -2.50.